The van der Waals surface area contributed by atoms with E-state index in [1.165, 1.54) is 0 Å². The van der Waals surface area contributed by atoms with Gasteiger partial charge in [0.25, 0.3) is 0 Å². The number of methoxy groups -OCH3 is 1. The van der Waals surface area contributed by atoms with Gasteiger partial charge in [0.05, 0.1) is 0 Å². The van der Waals surface area contributed by atoms with Gasteiger partial charge in [-0.2, -0.15) is 0 Å². The molecule has 0 saturated carbocycles. The molecule has 0 aliphatic heterocycles. The van der Waals surface area contributed by atoms with Gasteiger partial charge >= 0.3 is 0 Å². The molecule has 0 aliphatic carbocycles. The summed E-state index contributed by atoms with van der Waals surface area (Å²) in [4.78, 5) is 0. The van der Waals surface area contributed by atoms with E-state index in [-0.39, 0.29) is 0 Å². The smallest absolute Gasteiger partial charge is 0.124 e. The summed E-state index contributed by atoms with van der Waals surface area (Å²) in [5.41, 5.74) is 1.99. The molecule has 2 rings (SSSR count). The van der Waals surface area contributed by atoms with Gasteiger partial charge in [0, 0.05) is 41.4 Å². The van der Waals surface area contributed by atoms with E-state index in [0.717, 1.165) is 36.4 Å². The molecule has 0 atom stereocenters. The van der Waals surface area contributed by atoms with Crippen molar-refractivity contribution in [3.8, 4) is 5.75 Å². The Hall–Kier alpha value is -1.26. The SMILES string of the molecule is COCCCNCc1cc(Cl)ccc1OCc1ccccc1Cl. The van der Waals surface area contributed by atoms with Crippen LogP contribution in [0.25, 0.3) is 0 Å². The fraction of sp³-hybridized carbons (Fsp3) is 0.333. The average molecular weight is 354 g/mol. The van der Waals surface area contributed by atoms with Gasteiger partial charge in [-0.25, -0.2) is 0 Å². The largest absolute Gasteiger partial charge is 0.489 e. The monoisotopic (exact) mass is 353 g/mol. The molecule has 2 aromatic carbocycles. The normalized spacial score (nSPS) is 10.7. The summed E-state index contributed by atoms with van der Waals surface area (Å²) in [7, 11) is 1.71. The topological polar surface area (TPSA) is 30.5 Å². The van der Waals surface area contributed by atoms with Crippen LogP contribution in [-0.4, -0.2) is 20.3 Å². The van der Waals surface area contributed by atoms with Crippen molar-refractivity contribution in [2.45, 2.75) is 19.6 Å². The fourth-order valence-electron chi connectivity index (χ4n) is 2.16. The van der Waals surface area contributed by atoms with Crippen LogP contribution in [0.2, 0.25) is 10.0 Å². The maximum atomic E-state index is 6.16. The Bertz CT molecular complexity index is 620. The van der Waals surface area contributed by atoms with E-state index < -0.39 is 0 Å². The summed E-state index contributed by atoms with van der Waals surface area (Å²) in [6.45, 7) is 2.75. The van der Waals surface area contributed by atoms with Gasteiger partial charge in [0.15, 0.2) is 0 Å². The number of rotatable bonds is 9. The molecule has 0 aliphatic rings. The first-order valence-corrected chi connectivity index (χ1v) is 8.30. The molecule has 3 nitrogen and oxygen atoms in total. The minimum atomic E-state index is 0.429. The molecule has 0 unspecified atom stereocenters. The van der Waals surface area contributed by atoms with Crippen molar-refractivity contribution in [1.29, 1.82) is 0 Å². The third kappa shape index (κ3) is 6.04. The Kier molecular flexibility index (Phi) is 7.69. The Morgan fingerprint density at radius 2 is 1.87 bits per heavy atom. The van der Waals surface area contributed by atoms with Crippen LogP contribution in [-0.2, 0) is 17.9 Å². The van der Waals surface area contributed by atoms with E-state index >= 15 is 0 Å². The lowest BCUT2D eigenvalue weighted by Crippen LogP contribution is -2.16. The van der Waals surface area contributed by atoms with Gasteiger partial charge in [-0.1, -0.05) is 41.4 Å². The Labute approximate surface area is 147 Å². The lowest BCUT2D eigenvalue weighted by atomic mass is 10.2. The molecule has 0 radical (unpaired) electrons. The van der Waals surface area contributed by atoms with Crippen molar-refractivity contribution in [3.63, 3.8) is 0 Å². The zero-order valence-corrected chi connectivity index (χ0v) is 14.7. The molecular weight excluding hydrogens is 333 g/mol. The highest BCUT2D eigenvalue weighted by molar-refractivity contribution is 6.31. The number of benzene rings is 2. The van der Waals surface area contributed by atoms with Crippen molar-refractivity contribution in [2.75, 3.05) is 20.3 Å². The predicted molar refractivity (Wildman–Crippen MR) is 95.4 cm³/mol. The van der Waals surface area contributed by atoms with E-state index in [2.05, 4.69) is 5.32 Å². The van der Waals surface area contributed by atoms with E-state index in [9.17, 15) is 0 Å². The second-order valence-corrected chi connectivity index (χ2v) is 6.00. The summed E-state index contributed by atoms with van der Waals surface area (Å²) in [6, 6.07) is 13.3. The molecule has 0 spiro atoms. The van der Waals surface area contributed by atoms with Crippen molar-refractivity contribution in [1.82, 2.24) is 5.32 Å². The van der Waals surface area contributed by atoms with Gasteiger partial charge in [0.2, 0.25) is 0 Å². The fourth-order valence-corrected chi connectivity index (χ4v) is 2.55. The average Bonchev–Trinajstić information content (AvgIpc) is 2.55. The Morgan fingerprint density at radius 3 is 2.65 bits per heavy atom. The maximum Gasteiger partial charge on any atom is 0.124 e. The van der Waals surface area contributed by atoms with Gasteiger partial charge < -0.3 is 14.8 Å². The number of halogens is 2. The van der Waals surface area contributed by atoms with E-state index in [4.69, 9.17) is 32.7 Å². The summed E-state index contributed by atoms with van der Waals surface area (Å²) >= 11 is 12.3. The molecule has 0 bridgehead atoms. The van der Waals surface area contributed by atoms with Crippen LogP contribution in [0.5, 0.6) is 5.75 Å². The maximum absolute atomic E-state index is 6.16. The third-order valence-electron chi connectivity index (χ3n) is 3.38. The van der Waals surface area contributed by atoms with Crippen LogP contribution in [0.1, 0.15) is 17.5 Å². The molecule has 0 fully saturated rings. The second kappa shape index (κ2) is 9.78. The molecule has 124 valence electrons. The van der Waals surface area contributed by atoms with Crippen LogP contribution in [0, 0.1) is 0 Å². The molecule has 0 heterocycles. The van der Waals surface area contributed by atoms with Gasteiger partial charge in [0.1, 0.15) is 12.4 Å². The van der Waals surface area contributed by atoms with Gasteiger partial charge in [-0.15, -0.1) is 0 Å². The molecule has 0 aromatic heterocycles. The Morgan fingerprint density at radius 1 is 1.04 bits per heavy atom. The zero-order valence-electron chi connectivity index (χ0n) is 13.1. The summed E-state index contributed by atoms with van der Waals surface area (Å²) in [5, 5.41) is 4.78. The number of hydrogen-bond acceptors (Lipinski definition) is 3. The number of ether oxygens (including phenoxy) is 2. The molecule has 0 amide bonds. The van der Waals surface area contributed by atoms with E-state index in [1.807, 2.05) is 42.5 Å². The quantitative estimate of drug-likeness (QED) is 0.662. The zero-order chi connectivity index (χ0) is 16.5. The van der Waals surface area contributed by atoms with E-state index in [0.29, 0.717) is 23.2 Å². The molecule has 5 heteroatoms. The first kappa shape index (κ1) is 18.1. The van der Waals surface area contributed by atoms with Crippen LogP contribution >= 0.6 is 23.2 Å². The minimum absolute atomic E-state index is 0.429. The standard InChI is InChI=1S/C18H21Cl2NO2/c1-22-10-4-9-21-12-15-11-16(19)7-8-18(15)23-13-14-5-2-3-6-17(14)20/h2-3,5-8,11,21H,4,9-10,12-13H2,1H3. The van der Waals surface area contributed by atoms with Crippen molar-refractivity contribution < 1.29 is 9.47 Å². The van der Waals surface area contributed by atoms with Crippen molar-refractivity contribution >= 4 is 23.2 Å². The molecule has 1 N–H and O–H groups in total. The second-order valence-electron chi connectivity index (χ2n) is 5.16. The summed E-state index contributed by atoms with van der Waals surface area (Å²) in [6.07, 6.45) is 0.965. The van der Waals surface area contributed by atoms with Crippen LogP contribution in [0.15, 0.2) is 42.5 Å². The molecule has 2 aromatic rings. The lowest BCUT2D eigenvalue weighted by Gasteiger charge is -2.13. The molecule has 23 heavy (non-hydrogen) atoms. The van der Waals surface area contributed by atoms with Gasteiger partial charge in [-0.3, -0.25) is 0 Å². The highest BCUT2D eigenvalue weighted by Crippen LogP contribution is 2.25. The lowest BCUT2D eigenvalue weighted by molar-refractivity contribution is 0.194. The van der Waals surface area contributed by atoms with Crippen molar-refractivity contribution in [3.05, 3.63) is 63.6 Å². The molecular formula is C18H21Cl2NO2. The summed E-state index contributed by atoms with van der Waals surface area (Å²) < 4.78 is 11.0. The van der Waals surface area contributed by atoms with Crippen LogP contribution in [0.3, 0.4) is 0 Å². The van der Waals surface area contributed by atoms with Crippen molar-refractivity contribution in [2.24, 2.45) is 0 Å². The third-order valence-corrected chi connectivity index (χ3v) is 3.98. The van der Waals surface area contributed by atoms with Gasteiger partial charge in [-0.05, 0) is 37.2 Å². The summed E-state index contributed by atoms with van der Waals surface area (Å²) in [5.74, 6) is 0.813. The predicted octanol–water partition coefficient (Wildman–Crippen LogP) is 4.70. The minimum Gasteiger partial charge on any atom is -0.489 e. The first-order valence-electron chi connectivity index (χ1n) is 7.55. The van der Waals surface area contributed by atoms with E-state index in [1.54, 1.807) is 7.11 Å². The molecule has 0 saturated heterocycles. The highest BCUT2D eigenvalue weighted by Gasteiger charge is 2.07. The first-order chi connectivity index (χ1) is 11.2. The Balaban J connectivity index is 1.96. The van der Waals surface area contributed by atoms with Crippen LogP contribution < -0.4 is 10.1 Å². The number of hydrogen-bond donors (Lipinski definition) is 1. The van der Waals surface area contributed by atoms with Crippen LogP contribution in [0.4, 0.5) is 0 Å². The highest BCUT2D eigenvalue weighted by atomic mass is 35.5. The number of nitrogens with one attached hydrogen (secondary N) is 1.